The summed E-state index contributed by atoms with van der Waals surface area (Å²) in [6.07, 6.45) is 3.26. The molecule has 7 heteroatoms. The zero-order chi connectivity index (χ0) is 18.1. The van der Waals surface area contributed by atoms with Gasteiger partial charge in [-0.3, -0.25) is 9.59 Å². The van der Waals surface area contributed by atoms with Crippen LogP contribution in [0.1, 0.15) is 10.4 Å². The van der Waals surface area contributed by atoms with Crippen molar-refractivity contribution in [2.75, 3.05) is 36.5 Å². The molecule has 0 aliphatic carbocycles. The second-order valence-electron chi connectivity index (χ2n) is 6.32. The molecule has 1 saturated heterocycles. The number of aryl methyl sites for hydroxylation is 1. The maximum absolute atomic E-state index is 12.7. The number of carbonyl (C=O) groups excluding carboxylic acids is 1. The Kier molecular flexibility index (Phi) is 4.22. The van der Waals surface area contributed by atoms with E-state index in [1.165, 1.54) is 0 Å². The molecule has 1 aliphatic heterocycles. The largest absolute Gasteiger partial charge is 0.378 e. The number of morpholine rings is 1. The molecule has 0 radical (unpaired) electrons. The number of amides is 1. The molecule has 134 valence electrons. The first-order valence-corrected chi connectivity index (χ1v) is 8.54. The molecule has 1 amide bonds. The Morgan fingerprint density at radius 3 is 2.62 bits per heavy atom. The number of nitrogens with zero attached hydrogens (tertiary/aromatic N) is 2. The first kappa shape index (κ1) is 16.4. The molecule has 3 heterocycles. The molecule has 0 bridgehead atoms. The Hall–Kier alpha value is -3.06. The van der Waals surface area contributed by atoms with E-state index in [-0.39, 0.29) is 11.5 Å². The quantitative estimate of drug-likeness (QED) is 0.755. The summed E-state index contributed by atoms with van der Waals surface area (Å²) < 4.78 is 7.14. The van der Waals surface area contributed by atoms with E-state index in [9.17, 15) is 9.59 Å². The summed E-state index contributed by atoms with van der Waals surface area (Å²) in [5.41, 5.74) is 2.61. The van der Waals surface area contributed by atoms with Crippen LogP contribution in [0.15, 0.2) is 47.5 Å². The minimum Gasteiger partial charge on any atom is -0.378 e. The van der Waals surface area contributed by atoms with Gasteiger partial charge in [0.2, 0.25) is 0 Å². The zero-order valence-corrected chi connectivity index (χ0v) is 14.5. The van der Waals surface area contributed by atoms with Crippen molar-refractivity contribution in [3.63, 3.8) is 0 Å². The third-order valence-electron chi connectivity index (χ3n) is 4.66. The van der Waals surface area contributed by atoms with Gasteiger partial charge in [-0.2, -0.15) is 0 Å². The lowest BCUT2D eigenvalue weighted by Gasteiger charge is -2.28. The Bertz CT molecular complexity index is 998. The summed E-state index contributed by atoms with van der Waals surface area (Å²) >= 11 is 0. The maximum atomic E-state index is 12.7. The number of aromatic amines is 1. The second kappa shape index (κ2) is 6.68. The number of H-pyrrole nitrogens is 1. The topological polar surface area (TPSA) is 79.4 Å². The van der Waals surface area contributed by atoms with Crippen molar-refractivity contribution in [3.8, 4) is 0 Å². The SMILES string of the molecule is Cn1cc(C(=O)Nc2ccc(N3CCOCC3)cc2)c2c(=O)[nH]ccc21. The number of aromatic nitrogens is 2. The number of benzene rings is 1. The van der Waals surface area contributed by atoms with E-state index in [4.69, 9.17) is 4.74 Å². The van der Waals surface area contributed by atoms with Crippen molar-refractivity contribution in [2.45, 2.75) is 0 Å². The van der Waals surface area contributed by atoms with Crippen molar-refractivity contribution in [3.05, 3.63) is 58.6 Å². The van der Waals surface area contributed by atoms with Crippen LogP contribution in [0.3, 0.4) is 0 Å². The molecule has 7 nitrogen and oxygen atoms in total. The van der Waals surface area contributed by atoms with E-state index in [1.807, 2.05) is 31.3 Å². The molecule has 1 aromatic carbocycles. The van der Waals surface area contributed by atoms with E-state index >= 15 is 0 Å². The summed E-state index contributed by atoms with van der Waals surface area (Å²) in [6.45, 7) is 3.19. The smallest absolute Gasteiger partial charge is 0.258 e. The number of carbonyl (C=O) groups is 1. The monoisotopic (exact) mass is 352 g/mol. The van der Waals surface area contributed by atoms with Gasteiger partial charge in [-0.25, -0.2) is 0 Å². The molecule has 0 saturated carbocycles. The molecular weight excluding hydrogens is 332 g/mol. The summed E-state index contributed by atoms with van der Waals surface area (Å²) in [5, 5.41) is 3.27. The van der Waals surface area contributed by atoms with E-state index in [2.05, 4.69) is 15.2 Å². The van der Waals surface area contributed by atoms with Crippen LogP contribution < -0.4 is 15.8 Å². The normalized spacial score (nSPS) is 14.6. The Morgan fingerprint density at radius 1 is 1.15 bits per heavy atom. The number of rotatable bonds is 3. The molecule has 0 spiro atoms. The Labute approximate surface area is 150 Å². The van der Waals surface area contributed by atoms with Crippen LogP contribution in [0.2, 0.25) is 0 Å². The Morgan fingerprint density at radius 2 is 1.88 bits per heavy atom. The highest BCUT2D eigenvalue weighted by Crippen LogP contribution is 2.21. The van der Waals surface area contributed by atoms with Crippen LogP contribution in [-0.4, -0.2) is 41.8 Å². The van der Waals surface area contributed by atoms with Crippen LogP contribution in [0.25, 0.3) is 10.9 Å². The number of pyridine rings is 1. The number of hydrogen-bond donors (Lipinski definition) is 2. The molecule has 26 heavy (non-hydrogen) atoms. The van der Waals surface area contributed by atoms with Crippen molar-refractivity contribution < 1.29 is 9.53 Å². The van der Waals surface area contributed by atoms with Gasteiger partial charge in [0, 0.05) is 43.9 Å². The van der Waals surface area contributed by atoms with Crippen molar-refractivity contribution >= 4 is 28.2 Å². The molecule has 2 N–H and O–H groups in total. The lowest BCUT2D eigenvalue weighted by Crippen LogP contribution is -2.36. The summed E-state index contributed by atoms with van der Waals surface area (Å²) in [7, 11) is 1.82. The number of ether oxygens (including phenoxy) is 1. The van der Waals surface area contributed by atoms with Gasteiger partial charge >= 0.3 is 0 Å². The molecule has 1 fully saturated rings. The van der Waals surface area contributed by atoms with Crippen LogP contribution >= 0.6 is 0 Å². The van der Waals surface area contributed by atoms with Crippen molar-refractivity contribution in [2.24, 2.45) is 7.05 Å². The highest BCUT2D eigenvalue weighted by atomic mass is 16.5. The molecule has 4 rings (SSSR count). The highest BCUT2D eigenvalue weighted by Gasteiger charge is 2.17. The lowest BCUT2D eigenvalue weighted by molar-refractivity contribution is 0.102. The van der Waals surface area contributed by atoms with Gasteiger partial charge in [-0.1, -0.05) is 0 Å². The summed E-state index contributed by atoms with van der Waals surface area (Å²) in [5.74, 6) is -0.300. The van der Waals surface area contributed by atoms with E-state index < -0.39 is 0 Å². The third-order valence-corrected chi connectivity index (χ3v) is 4.66. The number of fused-ring (bicyclic) bond motifs is 1. The van der Waals surface area contributed by atoms with Gasteiger partial charge in [0.15, 0.2) is 0 Å². The Balaban J connectivity index is 1.56. The van der Waals surface area contributed by atoms with Gasteiger partial charge in [-0.15, -0.1) is 0 Å². The second-order valence-corrected chi connectivity index (χ2v) is 6.32. The molecular formula is C19H20N4O3. The van der Waals surface area contributed by atoms with Gasteiger partial charge in [-0.05, 0) is 30.3 Å². The maximum Gasteiger partial charge on any atom is 0.258 e. The average Bonchev–Trinajstić information content (AvgIpc) is 3.01. The summed E-state index contributed by atoms with van der Waals surface area (Å²) in [6, 6.07) is 9.49. The molecule has 3 aromatic rings. The highest BCUT2D eigenvalue weighted by molar-refractivity contribution is 6.12. The number of anilines is 2. The van der Waals surface area contributed by atoms with Crippen LogP contribution in [0.4, 0.5) is 11.4 Å². The van der Waals surface area contributed by atoms with Crippen LogP contribution in [0.5, 0.6) is 0 Å². The molecule has 2 aromatic heterocycles. The van der Waals surface area contributed by atoms with Crippen molar-refractivity contribution in [1.82, 2.24) is 9.55 Å². The van der Waals surface area contributed by atoms with E-state index in [0.29, 0.717) is 16.6 Å². The summed E-state index contributed by atoms with van der Waals surface area (Å²) in [4.78, 5) is 29.7. The standard InChI is InChI=1S/C19H20N4O3/c1-22-12-15(17-16(22)6-7-20-19(17)25)18(24)21-13-2-4-14(5-3-13)23-8-10-26-11-9-23/h2-7,12H,8-11H2,1H3,(H,20,25)(H,21,24). The first-order valence-electron chi connectivity index (χ1n) is 8.54. The lowest BCUT2D eigenvalue weighted by atomic mass is 10.2. The molecule has 0 unspecified atom stereocenters. The minimum absolute atomic E-state index is 0.268. The van der Waals surface area contributed by atoms with Crippen LogP contribution in [-0.2, 0) is 11.8 Å². The third kappa shape index (κ3) is 2.97. The number of hydrogen-bond acceptors (Lipinski definition) is 4. The molecule has 1 aliphatic rings. The fourth-order valence-corrected chi connectivity index (χ4v) is 3.30. The van der Waals surface area contributed by atoms with Crippen LogP contribution in [0, 0.1) is 0 Å². The first-order chi connectivity index (χ1) is 12.6. The molecule has 0 atom stereocenters. The van der Waals surface area contributed by atoms with E-state index in [1.54, 1.807) is 23.0 Å². The predicted octanol–water partition coefficient (Wildman–Crippen LogP) is 1.96. The van der Waals surface area contributed by atoms with Gasteiger partial charge in [0.25, 0.3) is 11.5 Å². The zero-order valence-electron chi connectivity index (χ0n) is 14.5. The fourth-order valence-electron chi connectivity index (χ4n) is 3.30. The van der Waals surface area contributed by atoms with Gasteiger partial charge in [0.05, 0.1) is 29.7 Å². The number of nitrogens with one attached hydrogen (secondary N) is 2. The van der Waals surface area contributed by atoms with Crippen molar-refractivity contribution in [1.29, 1.82) is 0 Å². The van der Waals surface area contributed by atoms with Gasteiger partial charge < -0.3 is 24.5 Å². The van der Waals surface area contributed by atoms with E-state index in [0.717, 1.165) is 37.5 Å². The predicted molar refractivity (Wildman–Crippen MR) is 101 cm³/mol. The average molecular weight is 352 g/mol. The minimum atomic E-state index is -0.300. The fraction of sp³-hybridized carbons (Fsp3) is 0.263. The van der Waals surface area contributed by atoms with Gasteiger partial charge in [0.1, 0.15) is 0 Å².